The minimum atomic E-state index is -3.02. The highest BCUT2D eigenvalue weighted by Crippen LogP contribution is 2.42. The SMILES string of the molecule is CCCC[Si]1(OC(C)C)O[Si](CCCC)(OC(C)C)O[Si](CCCC)(OC(C)C)O1. The van der Waals surface area contributed by atoms with E-state index < -0.39 is 26.4 Å². The molecule has 0 aromatic carbocycles. The number of hydrogen-bond acceptors (Lipinski definition) is 6. The Hall–Kier alpha value is 0.411. The fourth-order valence-corrected chi connectivity index (χ4v) is 19.4. The maximum absolute atomic E-state index is 6.85. The molecule has 0 bridgehead atoms. The second-order valence-corrected chi connectivity index (χ2v) is 17.9. The fourth-order valence-electron chi connectivity index (χ4n) is 3.66. The molecule has 1 aliphatic heterocycles. The van der Waals surface area contributed by atoms with Gasteiger partial charge in [0.15, 0.2) is 0 Å². The summed E-state index contributed by atoms with van der Waals surface area (Å²) in [6, 6.07) is 2.36. The highest BCUT2D eigenvalue weighted by atomic mass is 28.5. The normalized spacial score (nSPS) is 30.0. The number of unbranched alkanes of at least 4 members (excludes halogenated alkanes) is 3. The Morgan fingerprint density at radius 1 is 0.500 bits per heavy atom. The minimum absolute atomic E-state index is 0.0143. The van der Waals surface area contributed by atoms with E-state index in [9.17, 15) is 0 Å². The molecule has 0 radical (unpaired) electrons. The summed E-state index contributed by atoms with van der Waals surface area (Å²) in [6.07, 6.45) is 6.23. The van der Waals surface area contributed by atoms with Crippen molar-refractivity contribution in [2.24, 2.45) is 0 Å². The average molecular weight is 481 g/mol. The molecule has 0 spiro atoms. The molecule has 0 atom stereocenters. The lowest BCUT2D eigenvalue weighted by molar-refractivity contribution is -0.0140. The quantitative estimate of drug-likeness (QED) is 0.248. The maximum atomic E-state index is 6.85. The first-order valence-corrected chi connectivity index (χ1v) is 18.0. The van der Waals surface area contributed by atoms with Gasteiger partial charge in [-0.05, 0) is 60.8 Å². The first-order chi connectivity index (χ1) is 14.1. The largest absolute Gasteiger partial charge is 0.486 e. The third-order valence-corrected chi connectivity index (χ3v) is 17.5. The summed E-state index contributed by atoms with van der Waals surface area (Å²) in [7, 11) is -9.07. The van der Waals surface area contributed by atoms with Crippen LogP contribution in [0.2, 0.25) is 18.1 Å². The molecule has 9 heteroatoms. The molecule has 0 N–H and O–H groups in total. The van der Waals surface area contributed by atoms with Gasteiger partial charge in [0.2, 0.25) is 0 Å². The van der Waals surface area contributed by atoms with Gasteiger partial charge in [-0.15, -0.1) is 0 Å². The van der Waals surface area contributed by atoms with Crippen molar-refractivity contribution in [1.82, 2.24) is 0 Å². The van der Waals surface area contributed by atoms with E-state index in [0.717, 1.165) is 56.7 Å². The number of hydrogen-bond donors (Lipinski definition) is 0. The smallest absolute Gasteiger partial charge is 0.372 e. The summed E-state index contributed by atoms with van der Waals surface area (Å²) < 4.78 is 40.2. The third kappa shape index (κ3) is 9.11. The van der Waals surface area contributed by atoms with Gasteiger partial charge in [0, 0.05) is 36.4 Å². The van der Waals surface area contributed by atoms with Crippen LogP contribution in [0, 0.1) is 0 Å². The van der Waals surface area contributed by atoms with Crippen LogP contribution in [-0.2, 0) is 25.6 Å². The van der Waals surface area contributed by atoms with Gasteiger partial charge in [-0.2, -0.15) is 0 Å². The van der Waals surface area contributed by atoms with Gasteiger partial charge in [0.05, 0.1) is 0 Å². The topological polar surface area (TPSA) is 55.4 Å². The van der Waals surface area contributed by atoms with Crippen molar-refractivity contribution in [1.29, 1.82) is 0 Å². The Bertz CT molecular complexity index is 403. The molecule has 0 saturated carbocycles. The van der Waals surface area contributed by atoms with Crippen molar-refractivity contribution in [3.8, 4) is 0 Å². The predicted octanol–water partition coefficient (Wildman–Crippen LogP) is 6.54. The van der Waals surface area contributed by atoms with Crippen LogP contribution in [0.15, 0.2) is 0 Å². The van der Waals surface area contributed by atoms with Crippen LogP contribution in [0.5, 0.6) is 0 Å². The summed E-state index contributed by atoms with van der Waals surface area (Å²) >= 11 is 0. The molecule has 0 unspecified atom stereocenters. The van der Waals surface area contributed by atoms with Crippen LogP contribution < -0.4 is 0 Å². The van der Waals surface area contributed by atoms with Gasteiger partial charge in [-0.25, -0.2) is 0 Å². The summed E-state index contributed by atoms with van der Waals surface area (Å²) in [6.45, 7) is 18.9. The zero-order valence-corrected chi connectivity index (χ0v) is 24.0. The first-order valence-electron chi connectivity index (χ1n) is 12.2. The van der Waals surface area contributed by atoms with Crippen LogP contribution >= 0.6 is 0 Å². The van der Waals surface area contributed by atoms with E-state index in [-0.39, 0.29) is 18.3 Å². The molecule has 1 aliphatic rings. The van der Waals surface area contributed by atoms with Crippen LogP contribution in [-0.4, -0.2) is 44.7 Å². The molecular weight excluding hydrogens is 432 g/mol. The molecular formula is C21H48O6Si3. The van der Waals surface area contributed by atoms with Gasteiger partial charge < -0.3 is 25.6 Å². The van der Waals surface area contributed by atoms with Crippen molar-refractivity contribution in [3.63, 3.8) is 0 Å². The van der Waals surface area contributed by atoms with Crippen molar-refractivity contribution in [2.75, 3.05) is 0 Å². The molecule has 0 amide bonds. The Kier molecular flexibility index (Phi) is 12.5. The molecule has 1 fully saturated rings. The summed E-state index contributed by atoms with van der Waals surface area (Å²) in [5, 5.41) is 0. The average Bonchev–Trinajstić information content (AvgIpc) is 2.61. The Labute approximate surface area is 189 Å². The first kappa shape index (κ1) is 28.4. The molecule has 0 aliphatic carbocycles. The second kappa shape index (κ2) is 13.2. The lowest BCUT2D eigenvalue weighted by Crippen LogP contribution is -2.74. The predicted molar refractivity (Wildman–Crippen MR) is 128 cm³/mol. The monoisotopic (exact) mass is 480 g/mol. The number of rotatable bonds is 15. The van der Waals surface area contributed by atoms with E-state index in [4.69, 9.17) is 25.6 Å². The van der Waals surface area contributed by atoms with Gasteiger partial charge in [0.25, 0.3) is 0 Å². The zero-order valence-electron chi connectivity index (χ0n) is 21.0. The van der Waals surface area contributed by atoms with E-state index in [0.29, 0.717) is 0 Å². The van der Waals surface area contributed by atoms with Crippen LogP contribution in [0.4, 0.5) is 0 Å². The van der Waals surface area contributed by atoms with E-state index in [1.807, 2.05) is 0 Å². The summed E-state index contributed by atoms with van der Waals surface area (Å²) in [4.78, 5) is 0. The van der Waals surface area contributed by atoms with Gasteiger partial charge in [-0.3, -0.25) is 0 Å². The van der Waals surface area contributed by atoms with E-state index in [2.05, 4.69) is 62.3 Å². The molecule has 30 heavy (non-hydrogen) atoms. The Balaban J connectivity index is 3.50. The standard InChI is InChI=1S/C21H48O6Si3/c1-10-13-16-28(22-19(4)5)25-29(17-14-11-2,23-20(6)7)27-30(26-28,18-15-12-3)24-21(8)9/h19-21H,10-18H2,1-9H3. The van der Waals surface area contributed by atoms with E-state index >= 15 is 0 Å². The van der Waals surface area contributed by atoms with E-state index in [1.54, 1.807) is 0 Å². The van der Waals surface area contributed by atoms with E-state index in [1.165, 1.54) is 0 Å². The van der Waals surface area contributed by atoms with Gasteiger partial charge in [0.1, 0.15) is 0 Å². The second-order valence-electron chi connectivity index (χ2n) is 9.17. The Morgan fingerprint density at radius 2 is 0.733 bits per heavy atom. The Morgan fingerprint density at radius 3 is 0.900 bits per heavy atom. The van der Waals surface area contributed by atoms with Gasteiger partial charge in [-0.1, -0.05) is 40.0 Å². The van der Waals surface area contributed by atoms with Crippen molar-refractivity contribution >= 4 is 26.4 Å². The molecule has 6 nitrogen and oxygen atoms in total. The molecule has 0 aromatic rings. The van der Waals surface area contributed by atoms with Crippen LogP contribution in [0.3, 0.4) is 0 Å². The lowest BCUT2D eigenvalue weighted by atomic mass is 10.4. The minimum Gasteiger partial charge on any atom is -0.372 e. The molecule has 1 rings (SSSR count). The lowest BCUT2D eigenvalue weighted by Gasteiger charge is -2.51. The highest BCUT2D eigenvalue weighted by molar-refractivity contribution is 6.89. The highest BCUT2D eigenvalue weighted by Gasteiger charge is 2.67. The zero-order chi connectivity index (χ0) is 22.8. The molecule has 1 saturated heterocycles. The fraction of sp³-hybridized carbons (Fsp3) is 1.00. The van der Waals surface area contributed by atoms with Crippen molar-refractivity contribution in [2.45, 2.75) is 137 Å². The molecule has 1 heterocycles. The molecule has 180 valence electrons. The van der Waals surface area contributed by atoms with Gasteiger partial charge >= 0.3 is 26.4 Å². The summed E-state index contributed by atoms with van der Waals surface area (Å²) in [5.41, 5.74) is 0. The van der Waals surface area contributed by atoms with Crippen LogP contribution in [0.1, 0.15) is 101 Å². The maximum Gasteiger partial charge on any atom is 0.486 e. The third-order valence-electron chi connectivity index (χ3n) is 4.69. The van der Waals surface area contributed by atoms with Crippen LogP contribution in [0.25, 0.3) is 0 Å². The molecule has 0 aromatic heterocycles. The van der Waals surface area contributed by atoms with Crippen molar-refractivity contribution < 1.29 is 25.6 Å². The van der Waals surface area contributed by atoms with Crippen molar-refractivity contribution in [3.05, 3.63) is 0 Å². The summed E-state index contributed by atoms with van der Waals surface area (Å²) in [5.74, 6) is 0.